The molecule has 0 atom stereocenters. The van der Waals surface area contributed by atoms with E-state index in [0.717, 1.165) is 5.56 Å². The Morgan fingerprint density at radius 1 is 1.26 bits per heavy atom. The smallest absolute Gasteiger partial charge is 0.277 e. The summed E-state index contributed by atoms with van der Waals surface area (Å²) < 4.78 is 18.5. The second-order valence-electron chi connectivity index (χ2n) is 5.33. The SMILES string of the molecule is CC(C)c1ccccc1OCC(=O)NN=Cc1cccc(F)c1. The zero-order valence-corrected chi connectivity index (χ0v) is 13.1. The quantitative estimate of drug-likeness (QED) is 0.655. The Morgan fingerprint density at radius 3 is 2.78 bits per heavy atom. The summed E-state index contributed by atoms with van der Waals surface area (Å²) in [6.07, 6.45) is 1.38. The molecule has 0 heterocycles. The maximum atomic E-state index is 13.0. The predicted molar refractivity (Wildman–Crippen MR) is 88.2 cm³/mol. The molecule has 1 N–H and O–H groups in total. The third-order valence-corrected chi connectivity index (χ3v) is 3.15. The van der Waals surface area contributed by atoms with E-state index in [4.69, 9.17) is 4.74 Å². The number of para-hydroxylation sites is 1. The minimum Gasteiger partial charge on any atom is -0.483 e. The Morgan fingerprint density at radius 2 is 2.04 bits per heavy atom. The summed E-state index contributed by atoms with van der Waals surface area (Å²) in [6.45, 7) is 3.99. The van der Waals surface area contributed by atoms with Crippen LogP contribution in [0.5, 0.6) is 5.75 Å². The van der Waals surface area contributed by atoms with E-state index in [2.05, 4.69) is 24.4 Å². The monoisotopic (exact) mass is 314 g/mol. The highest BCUT2D eigenvalue weighted by molar-refractivity contribution is 5.82. The third kappa shape index (κ3) is 5.21. The molecule has 2 aromatic rings. The molecular formula is C18H19FN2O2. The van der Waals surface area contributed by atoms with E-state index < -0.39 is 0 Å². The zero-order valence-electron chi connectivity index (χ0n) is 13.1. The number of rotatable bonds is 6. The summed E-state index contributed by atoms with van der Waals surface area (Å²) in [4.78, 5) is 11.7. The summed E-state index contributed by atoms with van der Waals surface area (Å²) in [6, 6.07) is 13.5. The first-order valence-electron chi connectivity index (χ1n) is 7.35. The van der Waals surface area contributed by atoms with Gasteiger partial charge in [0.25, 0.3) is 5.91 Å². The van der Waals surface area contributed by atoms with E-state index in [0.29, 0.717) is 17.2 Å². The first-order chi connectivity index (χ1) is 11.1. The van der Waals surface area contributed by atoms with Gasteiger partial charge in [-0.05, 0) is 35.2 Å². The molecule has 0 fully saturated rings. The summed E-state index contributed by atoms with van der Waals surface area (Å²) in [5.74, 6) is 0.261. The number of hydrogen-bond donors (Lipinski definition) is 1. The zero-order chi connectivity index (χ0) is 16.7. The van der Waals surface area contributed by atoms with Gasteiger partial charge >= 0.3 is 0 Å². The molecule has 0 saturated heterocycles. The average Bonchev–Trinajstić information content (AvgIpc) is 2.53. The van der Waals surface area contributed by atoms with E-state index in [1.807, 2.05) is 24.3 Å². The number of ether oxygens (including phenoxy) is 1. The minimum atomic E-state index is -0.379. The van der Waals surface area contributed by atoms with Crippen LogP contribution in [-0.4, -0.2) is 18.7 Å². The molecule has 0 saturated carbocycles. The number of nitrogens with zero attached hydrogens (tertiary/aromatic N) is 1. The summed E-state index contributed by atoms with van der Waals surface area (Å²) >= 11 is 0. The van der Waals surface area contributed by atoms with Crippen molar-refractivity contribution in [1.82, 2.24) is 5.43 Å². The molecule has 0 bridgehead atoms. The normalized spacial score (nSPS) is 11.0. The van der Waals surface area contributed by atoms with Crippen LogP contribution in [0.25, 0.3) is 0 Å². The molecule has 2 rings (SSSR count). The number of amides is 1. The van der Waals surface area contributed by atoms with Crippen molar-refractivity contribution in [1.29, 1.82) is 0 Å². The maximum absolute atomic E-state index is 13.0. The van der Waals surface area contributed by atoms with Crippen molar-refractivity contribution in [2.45, 2.75) is 19.8 Å². The van der Waals surface area contributed by atoms with Crippen LogP contribution in [-0.2, 0) is 4.79 Å². The first kappa shape index (κ1) is 16.7. The number of carbonyl (C=O) groups excluding carboxylic acids is 1. The lowest BCUT2D eigenvalue weighted by atomic mass is 10.0. The molecule has 0 aliphatic heterocycles. The maximum Gasteiger partial charge on any atom is 0.277 e. The number of benzene rings is 2. The third-order valence-electron chi connectivity index (χ3n) is 3.15. The van der Waals surface area contributed by atoms with Crippen LogP contribution >= 0.6 is 0 Å². The molecule has 120 valence electrons. The van der Waals surface area contributed by atoms with Gasteiger partial charge in [0, 0.05) is 0 Å². The van der Waals surface area contributed by atoms with E-state index in [9.17, 15) is 9.18 Å². The van der Waals surface area contributed by atoms with Gasteiger partial charge in [0.05, 0.1) is 6.21 Å². The summed E-state index contributed by atoms with van der Waals surface area (Å²) in [7, 11) is 0. The first-order valence-corrected chi connectivity index (χ1v) is 7.35. The molecule has 23 heavy (non-hydrogen) atoms. The Labute approximate surface area is 135 Å². The molecule has 0 aliphatic carbocycles. The molecule has 2 aromatic carbocycles. The summed E-state index contributed by atoms with van der Waals surface area (Å²) in [5.41, 5.74) is 3.96. The van der Waals surface area contributed by atoms with Gasteiger partial charge in [-0.2, -0.15) is 5.10 Å². The molecule has 0 aliphatic rings. The molecule has 1 amide bonds. The molecular weight excluding hydrogens is 295 g/mol. The average molecular weight is 314 g/mol. The number of hydrazone groups is 1. The van der Waals surface area contributed by atoms with Gasteiger partial charge in [-0.15, -0.1) is 0 Å². The van der Waals surface area contributed by atoms with Crippen molar-refractivity contribution in [3.8, 4) is 5.75 Å². The minimum absolute atomic E-state index is 0.135. The lowest BCUT2D eigenvalue weighted by molar-refractivity contribution is -0.123. The predicted octanol–water partition coefficient (Wildman–Crippen LogP) is 3.48. The number of hydrogen-bond acceptors (Lipinski definition) is 3. The Hall–Kier alpha value is -2.69. The van der Waals surface area contributed by atoms with E-state index >= 15 is 0 Å². The lowest BCUT2D eigenvalue weighted by Crippen LogP contribution is -2.24. The van der Waals surface area contributed by atoms with E-state index in [1.165, 1.54) is 18.3 Å². The van der Waals surface area contributed by atoms with Crippen LogP contribution in [0, 0.1) is 5.82 Å². The highest BCUT2D eigenvalue weighted by atomic mass is 19.1. The molecule has 5 heteroatoms. The Bertz CT molecular complexity index is 699. The fourth-order valence-corrected chi connectivity index (χ4v) is 2.03. The fourth-order valence-electron chi connectivity index (χ4n) is 2.03. The second kappa shape index (κ2) is 8.08. The van der Waals surface area contributed by atoms with Crippen molar-refractivity contribution in [2.75, 3.05) is 6.61 Å². The van der Waals surface area contributed by atoms with Gasteiger partial charge in [-0.3, -0.25) is 4.79 Å². The van der Waals surface area contributed by atoms with Crippen LogP contribution < -0.4 is 10.2 Å². The van der Waals surface area contributed by atoms with Crippen molar-refractivity contribution < 1.29 is 13.9 Å². The highest BCUT2D eigenvalue weighted by Crippen LogP contribution is 2.25. The Kier molecular flexibility index (Phi) is 5.86. The fraction of sp³-hybridized carbons (Fsp3) is 0.222. The van der Waals surface area contributed by atoms with Crippen LogP contribution in [0.3, 0.4) is 0 Å². The molecule has 0 aromatic heterocycles. The lowest BCUT2D eigenvalue weighted by Gasteiger charge is -2.12. The van der Waals surface area contributed by atoms with Gasteiger partial charge in [-0.1, -0.05) is 44.2 Å². The standard InChI is InChI=1S/C18H19FN2O2/c1-13(2)16-8-3-4-9-17(16)23-12-18(22)21-20-11-14-6-5-7-15(19)10-14/h3-11,13H,12H2,1-2H3,(H,21,22). The van der Waals surface area contributed by atoms with Crippen LogP contribution in [0.4, 0.5) is 4.39 Å². The molecule has 4 nitrogen and oxygen atoms in total. The van der Waals surface area contributed by atoms with Gasteiger partial charge in [0.1, 0.15) is 11.6 Å². The van der Waals surface area contributed by atoms with Gasteiger partial charge in [-0.25, -0.2) is 9.82 Å². The van der Waals surface area contributed by atoms with Crippen molar-refractivity contribution >= 4 is 12.1 Å². The van der Waals surface area contributed by atoms with Crippen molar-refractivity contribution in [2.24, 2.45) is 5.10 Å². The van der Waals surface area contributed by atoms with Gasteiger partial charge in [0.2, 0.25) is 0 Å². The second-order valence-corrected chi connectivity index (χ2v) is 5.33. The van der Waals surface area contributed by atoms with Crippen LogP contribution in [0.2, 0.25) is 0 Å². The number of halogens is 1. The van der Waals surface area contributed by atoms with Gasteiger partial charge in [0.15, 0.2) is 6.61 Å². The number of nitrogens with one attached hydrogen (secondary N) is 1. The van der Waals surface area contributed by atoms with Gasteiger partial charge < -0.3 is 4.74 Å². The molecule has 0 spiro atoms. The van der Waals surface area contributed by atoms with E-state index in [1.54, 1.807) is 12.1 Å². The largest absolute Gasteiger partial charge is 0.483 e. The van der Waals surface area contributed by atoms with Crippen LogP contribution in [0.1, 0.15) is 30.9 Å². The molecule has 0 radical (unpaired) electrons. The van der Waals surface area contributed by atoms with E-state index in [-0.39, 0.29) is 18.3 Å². The van der Waals surface area contributed by atoms with Crippen molar-refractivity contribution in [3.05, 3.63) is 65.5 Å². The summed E-state index contributed by atoms with van der Waals surface area (Å²) in [5, 5.41) is 3.78. The van der Waals surface area contributed by atoms with Crippen molar-refractivity contribution in [3.63, 3.8) is 0 Å². The molecule has 0 unspecified atom stereocenters. The number of carbonyl (C=O) groups is 1. The Balaban J connectivity index is 1.86. The highest BCUT2D eigenvalue weighted by Gasteiger charge is 2.08. The topological polar surface area (TPSA) is 50.7 Å². The van der Waals surface area contributed by atoms with Crippen LogP contribution in [0.15, 0.2) is 53.6 Å².